The summed E-state index contributed by atoms with van der Waals surface area (Å²) in [5.74, 6) is 0.856. The molecular formula is C13H17N5S. The van der Waals surface area contributed by atoms with Gasteiger partial charge in [0.2, 0.25) is 0 Å². The van der Waals surface area contributed by atoms with E-state index in [9.17, 15) is 0 Å². The first-order valence-corrected chi connectivity index (χ1v) is 6.40. The molecule has 0 radical (unpaired) electrons. The van der Waals surface area contributed by atoms with Crippen LogP contribution in [0.1, 0.15) is 29.9 Å². The van der Waals surface area contributed by atoms with E-state index >= 15 is 0 Å². The number of hydrogen-bond donors (Lipinski definition) is 2. The summed E-state index contributed by atoms with van der Waals surface area (Å²) < 4.78 is 1.88. The number of nitrogens with one attached hydrogen (secondary N) is 1. The number of thiocarbonyl (C=S) groups is 1. The fourth-order valence-corrected chi connectivity index (χ4v) is 2.14. The third kappa shape index (κ3) is 2.90. The molecule has 1 aromatic heterocycles. The van der Waals surface area contributed by atoms with E-state index in [4.69, 9.17) is 18.0 Å². The van der Waals surface area contributed by atoms with Gasteiger partial charge >= 0.3 is 0 Å². The van der Waals surface area contributed by atoms with Crippen LogP contribution < -0.4 is 11.1 Å². The zero-order valence-corrected chi connectivity index (χ0v) is 12.0. The Bertz CT molecular complexity index is 605. The Morgan fingerprint density at radius 1 is 1.47 bits per heavy atom. The summed E-state index contributed by atoms with van der Waals surface area (Å²) in [6, 6.07) is 6.00. The van der Waals surface area contributed by atoms with Gasteiger partial charge in [-0.1, -0.05) is 23.8 Å². The molecule has 100 valence electrons. The highest BCUT2D eigenvalue weighted by Crippen LogP contribution is 2.22. The maximum Gasteiger partial charge on any atom is 0.154 e. The summed E-state index contributed by atoms with van der Waals surface area (Å²) in [6.45, 7) is 4.03. The number of hydrogen-bond acceptors (Lipinski definition) is 4. The molecule has 0 aliphatic heterocycles. The predicted molar refractivity (Wildman–Crippen MR) is 80.1 cm³/mol. The van der Waals surface area contributed by atoms with Crippen LogP contribution in [0.15, 0.2) is 24.5 Å². The molecule has 1 atom stereocenters. The van der Waals surface area contributed by atoms with Gasteiger partial charge in [-0.05, 0) is 26.0 Å². The number of nitrogens with two attached hydrogens (primary N) is 1. The molecule has 3 N–H and O–H groups in total. The van der Waals surface area contributed by atoms with E-state index in [0.717, 1.165) is 22.6 Å². The Hall–Kier alpha value is -1.95. The van der Waals surface area contributed by atoms with Crippen molar-refractivity contribution < 1.29 is 0 Å². The zero-order valence-electron chi connectivity index (χ0n) is 11.2. The Morgan fingerprint density at radius 2 is 2.21 bits per heavy atom. The van der Waals surface area contributed by atoms with E-state index in [2.05, 4.69) is 15.5 Å². The van der Waals surface area contributed by atoms with E-state index in [-0.39, 0.29) is 6.04 Å². The maximum atomic E-state index is 5.77. The van der Waals surface area contributed by atoms with Crippen LogP contribution in [-0.2, 0) is 7.05 Å². The second-order valence-corrected chi connectivity index (χ2v) is 5.02. The number of benzene rings is 1. The second kappa shape index (κ2) is 5.36. The van der Waals surface area contributed by atoms with Crippen LogP contribution >= 0.6 is 12.2 Å². The van der Waals surface area contributed by atoms with E-state index in [0.29, 0.717) is 4.99 Å². The van der Waals surface area contributed by atoms with E-state index < -0.39 is 0 Å². The van der Waals surface area contributed by atoms with Crippen LogP contribution in [0.2, 0.25) is 0 Å². The van der Waals surface area contributed by atoms with Gasteiger partial charge in [-0.15, -0.1) is 10.2 Å². The number of aryl methyl sites for hydroxylation is 2. The lowest BCUT2D eigenvalue weighted by atomic mass is 10.1. The maximum absolute atomic E-state index is 5.77. The summed E-state index contributed by atoms with van der Waals surface area (Å²) in [5.41, 5.74) is 8.65. The molecule has 2 aromatic rings. The average Bonchev–Trinajstić information content (AvgIpc) is 2.77. The van der Waals surface area contributed by atoms with Gasteiger partial charge in [-0.3, -0.25) is 0 Å². The van der Waals surface area contributed by atoms with Crippen LogP contribution in [0.4, 0.5) is 5.69 Å². The van der Waals surface area contributed by atoms with Crippen molar-refractivity contribution in [3.63, 3.8) is 0 Å². The zero-order chi connectivity index (χ0) is 14.0. The van der Waals surface area contributed by atoms with Crippen molar-refractivity contribution in [1.29, 1.82) is 0 Å². The Balaban J connectivity index is 2.29. The van der Waals surface area contributed by atoms with Gasteiger partial charge in [0.15, 0.2) is 5.82 Å². The quantitative estimate of drug-likeness (QED) is 0.834. The molecule has 0 fully saturated rings. The van der Waals surface area contributed by atoms with Crippen LogP contribution in [-0.4, -0.2) is 19.8 Å². The topological polar surface area (TPSA) is 68.8 Å². The molecule has 5 nitrogen and oxygen atoms in total. The average molecular weight is 275 g/mol. The lowest BCUT2D eigenvalue weighted by Crippen LogP contribution is -2.17. The van der Waals surface area contributed by atoms with Crippen LogP contribution in [0, 0.1) is 6.92 Å². The van der Waals surface area contributed by atoms with Crippen molar-refractivity contribution in [2.24, 2.45) is 12.8 Å². The molecule has 0 saturated carbocycles. The molecule has 0 aliphatic carbocycles. The largest absolute Gasteiger partial charge is 0.389 e. The van der Waals surface area contributed by atoms with Gasteiger partial charge in [0.05, 0.1) is 6.04 Å². The van der Waals surface area contributed by atoms with Gasteiger partial charge in [-0.25, -0.2) is 0 Å². The third-order valence-corrected chi connectivity index (χ3v) is 3.17. The number of rotatable bonds is 4. The van der Waals surface area contributed by atoms with Gasteiger partial charge in [0.25, 0.3) is 0 Å². The number of nitrogens with zero attached hydrogens (tertiary/aromatic N) is 3. The molecule has 0 aliphatic rings. The number of anilines is 1. The van der Waals surface area contributed by atoms with E-state index in [1.54, 1.807) is 6.33 Å². The van der Waals surface area contributed by atoms with Gasteiger partial charge in [-0.2, -0.15) is 0 Å². The second-order valence-electron chi connectivity index (χ2n) is 4.58. The molecule has 1 unspecified atom stereocenters. The fraction of sp³-hybridized carbons (Fsp3) is 0.308. The lowest BCUT2D eigenvalue weighted by Gasteiger charge is -2.17. The highest BCUT2D eigenvalue weighted by Gasteiger charge is 2.13. The highest BCUT2D eigenvalue weighted by molar-refractivity contribution is 7.80. The standard InChI is InChI=1S/C13H17N5S/c1-8-4-5-11(10(6-8)12(14)19)16-9(2)13-17-15-7-18(13)3/h4-7,9,16H,1-3H3,(H2,14,19). The molecule has 0 spiro atoms. The summed E-state index contributed by atoms with van der Waals surface area (Å²) in [6.07, 6.45) is 1.68. The van der Waals surface area contributed by atoms with Crippen molar-refractivity contribution in [2.45, 2.75) is 19.9 Å². The van der Waals surface area contributed by atoms with Crippen molar-refractivity contribution in [3.05, 3.63) is 41.5 Å². The normalized spacial score (nSPS) is 12.2. The summed E-state index contributed by atoms with van der Waals surface area (Å²) in [4.78, 5) is 0.386. The lowest BCUT2D eigenvalue weighted by molar-refractivity contribution is 0.719. The summed E-state index contributed by atoms with van der Waals surface area (Å²) in [7, 11) is 1.91. The first kappa shape index (κ1) is 13.5. The van der Waals surface area contributed by atoms with Gasteiger partial charge in [0.1, 0.15) is 11.3 Å². The summed E-state index contributed by atoms with van der Waals surface area (Å²) >= 11 is 5.09. The van der Waals surface area contributed by atoms with Gasteiger partial charge < -0.3 is 15.6 Å². The molecule has 0 amide bonds. The SMILES string of the molecule is Cc1ccc(NC(C)c2nncn2C)c(C(N)=S)c1. The molecular weight excluding hydrogens is 258 g/mol. The van der Waals surface area contributed by atoms with E-state index in [1.165, 1.54) is 0 Å². The molecule has 1 aromatic carbocycles. The molecule has 1 heterocycles. The third-order valence-electron chi connectivity index (χ3n) is 2.95. The highest BCUT2D eigenvalue weighted by atomic mass is 32.1. The first-order chi connectivity index (χ1) is 8.99. The molecule has 6 heteroatoms. The Morgan fingerprint density at radius 3 is 2.79 bits per heavy atom. The molecule has 0 saturated heterocycles. The minimum Gasteiger partial charge on any atom is -0.389 e. The Kier molecular flexibility index (Phi) is 3.80. The van der Waals surface area contributed by atoms with Crippen molar-refractivity contribution >= 4 is 22.9 Å². The minimum atomic E-state index is 0.0170. The molecule has 2 rings (SSSR count). The van der Waals surface area contributed by atoms with Crippen LogP contribution in [0.5, 0.6) is 0 Å². The van der Waals surface area contributed by atoms with Gasteiger partial charge in [0, 0.05) is 18.3 Å². The Labute approximate surface area is 117 Å². The van der Waals surface area contributed by atoms with E-state index in [1.807, 2.05) is 43.7 Å². The van der Waals surface area contributed by atoms with Crippen LogP contribution in [0.25, 0.3) is 0 Å². The smallest absolute Gasteiger partial charge is 0.154 e. The summed E-state index contributed by atoms with van der Waals surface area (Å²) in [5, 5.41) is 11.3. The van der Waals surface area contributed by atoms with Crippen molar-refractivity contribution in [1.82, 2.24) is 14.8 Å². The van der Waals surface area contributed by atoms with Crippen molar-refractivity contribution in [2.75, 3.05) is 5.32 Å². The monoisotopic (exact) mass is 275 g/mol. The van der Waals surface area contributed by atoms with Crippen LogP contribution in [0.3, 0.4) is 0 Å². The fourth-order valence-electron chi connectivity index (χ4n) is 1.97. The predicted octanol–water partition coefficient (Wildman–Crippen LogP) is 1.93. The minimum absolute atomic E-state index is 0.0170. The molecule has 19 heavy (non-hydrogen) atoms. The first-order valence-electron chi connectivity index (χ1n) is 6.00. The molecule has 0 bridgehead atoms. The van der Waals surface area contributed by atoms with Crippen molar-refractivity contribution in [3.8, 4) is 0 Å². The number of aromatic nitrogens is 3.